The zero-order valence-electron chi connectivity index (χ0n) is 10.4. The van der Waals surface area contributed by atoms with Gasteiger partial charge in [-0.3, -0.25) is 4.79 Å². The van der Waals surface area contributed by atoms with Gasteiger partial charge in [0.25, 0.3) is 5.91 Å². The third-order valence-corrected chi connectivity index (χ3v) is 2.20. The Kier molecular flexibility index (Phi) is 3.96. The Labute approximate surface area is 100 Å². The summed E-state index contributed by atoms with van der Waals surface area (Å²) in [5.74, 6) is 0.611. The Morgan fingerprint density at radius 1 is 1.24 bits per heavy atom. The maximum Gasteiger partial charge on any atom is 0.255 e. The number of aliphatic hydroxyl groups is 1. The van der Waals surface area contributed by atoms with Gasteiger partial charge in [-0.05, 0) is 26.0 Å². The zero-order chi connectivity index (χ0) is 13.1. The molecule has 5 heteroatoms. The molecule has 17 heavy (non-hydrogen) atoms. The van der Waals surface area contributed by atoms with E-state index >= 15 is 0 Å². The lowest BCUT2D eigenvalue weighted by atomic mass is 10.1. The molecule has 0 bridgehead atoms. The van der Waals surface area contributed by atoms with Crippen LogP contribution < -0.4 is 14.8 Å². The lowest BCUT2D eigenvalue weighted by Gasteiger charge is -2.17. The van der Waals surface area contributed by atoms with Crippen LogP contribution in [-0.4, -0.2) is 30.8 Å². The minimum atomic E-state index is -1.42. The van der Waals surface area contributed by atoms with E-state index in [0.29, 0.717) is 17.2 Å². The van der Waals surface area contributed by atoms with Crippen LogP contribution in [0.3, 0.4) is 0 Å². The number of amides is 1. The van der Waals surface area contributed by atoms with Crippen molar-refractivity contribution in [2.24, 2.45) is 0 Å². The molecule has 0 saturated heterocycles. The van der Waals surface area contributed by atoms with Gasteiger partial charge < -0.3 is 19.9 Å². The monoisotopic (exact) mass is 239 g/mol. The Bertz CT molecular complexity index is 409. The summed E-state index contributed by atoms with van der Waals surface area (Å²) in [5, 5.41) is 12.1. The van der Waals surface area contributed by atoms with Gasteiger partial charge in [0.2, 0.25) is 0 Å². The fourth-order valence-electron chi connectivity index (χ4n) is 1.20. The molecular weight excluding hydrogens is 222 g/mol. The largest absolute Gasteiger partial charge is 0.493 e. The van der Waals surface area contributed by atoms with E-state index in [1.165, 1.54) is 28.1 Å². The SMILES string of the molecule is COc1ccc(NC(=O)C(C)(C)O)cc1OC. The van der Waals surface area contributed by atoms with E-state index in [2.05, 4.69) is 5.32 Å². The average Bonchev–Trinajstić information content (AvgIpc) is 2.27. The molecule has 1 amide bonds. The summed E-state index contributed by atoms with van der Waals surface area (Å²) in [5.41, 5.74) is -0.887. The van der Waals surface area contributed by atoms with Crippen molar-refractivity contribution < 1.29 is 19.4 Å². The predicted molar refractivity (Wildman–Crippen MR) is 64.5 cm³/mol. The summed E-state index contributed by atoms with van der Waals surface area (Å²) in [6.45, 7) is 2.84. The molecule has 0 aromatic heterocycles. The molecule has 0 fully saturated rings. The lowest BCUT2D eigenvalue weighted by molar-refractivity contribution is -0.130. The standard InChI is InChI=1S/C12H17NO4/c1-12(2,15)11(14)13-8-5-6-9(16-3)10(7-8)17-4/h5-7,15H,1-4H3,(H,13,14). The Hall–Kier alpha value is -1.75. The highest BCUT2D eigenvalue weighted by Gasteiger charge is 2.23. The van der Waals surface area contributed by atoms with E-state index in [1.54, 1.807) is 18.2 Å². The maximum atomic E-state index is 11.6. The molecule has 0 heterocycles. The van der Waals surface area contributed by atoms with Crippen LogP contribution >= 0.6 is 0 Å². The predicted octanol–water partition coefficient (Wildman–Crippen LogP) is 1.41. The molecule has 0 aliphatic rings. The zero-order valence-corrected chi connectivity index (χ0v) is 10.4. The molecule has 0 spiro atoms. The van der Waals surface area contributed by atoms with E-state index in [-0.39, 0.29) is 0 Å². The van der Waals surface area contributed by atoms with Gasteiger partial charge in [0.1, 0.15) is 5.60 Å². The van der Waals surface area contributed by atoms with Crippen molar-refractivity contribution in [3.63, 3.8) is 0 Å². The van der Waals surface area contributed by atoms with Crippen LogP contribution in [0.2, 0.25) is 0 Å². The summed E-state index contributed by atoms with van der Waals surface area (Å²) in [7, 11) is 3.05. The van der Waals surface area contributed by atoms with Gasteiger partial charge in [-0.1, -0.05) is 0 Å². The van der Waals surface area contributed by atoms with Crippen LogP contribution in [-0.2, 0) is 4.79 Å². The summed E-state index contributed by atoms with van der Waals surface area (Å²) < 4.78 is 10.2. The topological polar surface area (TPSA) is 67.8 Å². The molecule has 2 N–H and O–H groups in total. The number of ether oxygens (including phenoxy) is 2. The van der Waals surface area contributed by atoms with Gasteiger partial charge in [0, 0.05) is 11.8 Å². The average molecular weight is 239 g/mol. The minimum Gasteiger partial charge on any atom is -0.493 e. The Balaban J connectivity index is 2.90. The number of nitrogens with one attached hydrogen (secondary N) is 1. The van der Waals surface area contributed by atoms with E-state index < -0.39 is 11.5 Å². The summed E-state index contributed by atoms with van der Waals surface area (Å²) >= 11 is 0. The third kappa shape index (κ3) is 3.35. The lowest BCUT2D eigenvalue weighted by Crippen LogP contribution is -2.36. The highest BCUT2D eigenvalue weighted by Crippen LogP contribution is 2.29. The Morgan fingerprint density at radius 3 is 2.29 bits per heavy atom. The molecule has 94 valence electrons. The van der Waals surface area contributed by atoms with Crippen LogP contribution in [0, 0.1) is 0 Å². The third-order valence-electron chi connectivity index (χ3n) is 2.20. The number of benzene rings is 1. The molecule has 0 aliphatic heterocycles. The summed E-state index contributed by atoms with van der Waals surface area (Å²) in [4.78, 5) is 11.6. The van der Waals surface area contributed by atoms with Crippen molar-refractivity contribution in [3.05, 3.63) is 18.2 Å². The van der Waals surface area contributed by atoms with Crippen LogP contribution in [0.5, 0.6) is 11.5 Å². The van der Waals surface area contributed by atoms with E-state index in [4.69, 9.17) is 9.47 Å². The second kappa shape index (κ2) is 5.05. The minimum absolute atomic E-state index is 0.482. The smallest absolute Gasteiger partial charge is 0.255 e. The summed E-state index contributed by atoms with van der Waals surface area (Å²) in [6.07, 6.45) is 0. The second-order valence-corrected chi connectivity index (χ2v) is 4.08. The fourth-order valence-corrected chi connectivity index (χ4v) is 1.20. The first-order valence-corrected chi connectivity index (χ1v) is 5.14. The number of hydrogen-bond donors (Lipinski definition) is 2. The van der Waals surface area contributed by atoms with Gasteiger partial charge in [-0.2, -0.15) is 0 Å². The van der Waals surface area contributed by atoms with Crippen LogP contribution in [0.4, 0.5) is 5.69 Å². The highest BCUT2D eigenvalue weighted by molar-refractivity contribution is 5.96. The molecule has 0 aliphatic carbocycles. The number of hydrogen-bond acceptors (Lipinski definition) is 4. The summed E-state index contributed by atoms with van der Waals surface area (Å²) in [6, 6.07) is 4.98. The molecule has 0 atom stereocenters. The molecule has 0 unspecified atom stereocenters. The van der Waals surface area contributed by atoms with Crippen molar-refractivity contribution in [2.45, 2.75) is 19.4 Å². The number of anilines is 1. The van der Waals surface area contributed by atoms with Gasteiger partial charge in [0.05, 0.1) is 14.2 Å². The van der Waals surface area contributed by atoms with Crippen molar-refractivity contribution in [2.75, 3.05) is 19.5 Å². The molecule has 5 nitrogen and oxygen atoms in total. The first kappa shape index (κ1) is 13.3. The second-order valence-electron chi connectivity index (χ2n) is 4.08. The van der Waals surface area contributed by atoms with Crippen LogP contribution in [0.15, 0.2) is 18.2 Å². The highest BCUT2D eigenvalue weighted by atomic mass is 16.5. The van der Waals surface area contributed by atoms with Crippen molar-refractivity contribution in [3.8, 4) is 11.5 Å². The van der Waals surface area contributed by atoms with Gasteiger partial charge in [-0.15, -0.1) is 0 Å². The van der Waals surface area contributed by atoms with Gasteiger partial charge >= 0.3 is 0 Å². The first-order chi connectivity index (χ1) is 7.88. The molecule has 1 aromatic rings. The van der Waals surface area contributed by atoms with E-state index in [9.17, 15) is 9.90 Å². The molecule has 0 saturated carbocycles. The quantitative estimate of drug-likeness (QED) is 0.833. The van der Waals surface area contributed by atoms with Gasteiger partial charge in [-0.25, -0.2) is 0 Å². The molecule has 1 aromatic carbocycles. The van der Waals surface area contributed by atoms with E-state index in [0.717, 1.165) is 0 Å². The normalized spacial score (nSPS) is 10.9. The number of rotatable bonds is 4. The number of methoxy groups -OCH3 is 2. The van der Waals surface area contributed by atoms with Crippen molar-refractivity contribution in [1.82, 2.24) is 0 Å². The van der Waals surface area contributed by atoms with Crippen LogP contribution in [0.25, 0.3) is 0 Å². The number of carbonyl (C=O) groups is 1. The molecule has 1 rings (SSSR count). The van der Waals surface area contributed by atoms with Crippen molar-refractivity contribution >= 4 is 11.6 Å². The molecule has 0 radical (unpaired) electrons. The maximum absolute atomic E-state index is 11.6. The van der Waals surface area contributed by atoms with Crippen LogP contribution in [0.1, 0.15) is 13.8 Å². The fraction of sp³-hybridized carbons (Fsp3) is 0.417. The number of carbonyl (C=O) groups excluding carboxylic acids is 1. The van der Waals surface area contributed by atoms with Crippen molar-refractivity contribution in [1.29, 1.82) is 0 Å². The van der Waals surface area contributed by atoms with Gasteiger partial charge in [0.15, 0.2) is 11.5 Å². The first-order valence-electron chi connectivity index (χ1n) is 5.14. The molecular formula is C12H17NO4. The Morgan fingerprint density at radius 2 is 1.82 bits per heavy atom. The van der Waals surface area contributed by atoms with E-state index in [1.807, 2.05) is 0 Å².